The Hall–Kier alpha value is -3.78. The Labute approximate surface area is 198 Å². The van der Waals surface area contributed by atoms with E-state index in [2.05, 4.69) is 94.2 Å². The van der Waals surface area contributed by atoms with Crippen LogP contribution in [0.15, 0.2) is 115 Å². The highest BCUT2D eigenvalue weighted by atomic mass is 79.9. The summed E-state index contributed by atoms with van der Waals surface area (Å²) in [6.07, 6.45) is 2.19. The van der Waals surface area contributed by atoms with Crippen LogP contribution in [0.5, 0.6) is 0 Å². The fraction of sp³-hybridized carbons (Fsp3) is 0.0323. The summed E-state index contributed by atoms with van der Waals surface area (Å²) >= 11 is 3.55. The Kier molecular flexibility index (Phi) is 7.38. The summed E-state index contributed by atoms with van der Waals surface area (Å²) in [5.74, 6) is 12.9. The average Bonchev–Trinajstić information content (AvgIpc) is 2.87. The number of hydrogen-bond acceptors (Lipinski definition) is 0. The normalized spacial score (nSPS) is 9.66. The molecule has 0 aliphatic heterocycles. The van der Waals surface area contributed by atoms with Gasteiger partial charge in [-0.3, -0.25) is 0 Å². The molecule has 152 valence electrons. The van der Waals surface area contributed by atoms with Crippen molar-refractivity contribution in [1.82, 2.24) is 0 Å². The second-order valence-electron chi connectivity index (χ2n) is 7.16. The standard InChI is InChI=1S/C31H21Br/c32-24-23-31(29-19-15-27(16-20-29)13-11-25-7-3-1-4-8-25)30-21-17-28(18-22-30)14-12-26-9-5-2-6-10-26/h1-10,15-23H,24H2. The van der Waals surface area contributed by atoms with Crippen LogP contribution >= 0.6 is 15.9 Å². The summed E-state index contributed by atoms with van der Waals surface area (Å²) in [5.41, 5.74) is 7.56. The van der Waals surface area contributed by atoms with Gasteiger partial charge < -0.3 is 0 Å². The SMILES string of the molecule is BrCC=C(c1ccc(C#Cc2ccccc2)cc1)c1ccc(C#Cc2ccccc2)cc1. The Morgan fingerprint density at radius 2 is 0.844 bits per heavy atom. The predicted molar refractivity (Wildman–Crippen MR) is 139 cm³/mol. The van der Waals surface area contributed by atoms with Gasteiger partial charge in [0.15, 0.2) is 0 Å². The van der Waals surface area contributed by atoms with Crippen LogP contribution in [-0.2, 0) is 0 Å². The van der Waals surface area contributed by atoms with Crippen molar-refractivity contribution in [2.24, 2.45) is 0 Å². The van der Waals surface area contributed by atoms with Gasteiger partial charge in [-0.2, -0.15) is 0 Å². The first-order chi connectivity index (χ1) is 15.8. The smallest absolute Gasteiger partial charge is 0.0249 e. The van der Waals surface area contributed by atoms with Gasteiger partial charge in [0.2, 0.25) is 0 Å². The van der Waals surface area contributed by atoms with E-state index >= 15 is 0 Å². The molecule has 1 heteroatoms. The van der Waals surface area contributed by atoms with Crippen molar-refractivity contribution in [1.29, 1.82) is 0 Å². The maximum absolute atomic E-state index is 3.55. The molecule has 0 aliphatic rings. The highest BCUT2D eigenvalue weighted by Gasteiger charge is 2.05. The van der Waals surface area contributed by atoms with Crippen LogP contribution in [0.3, 0.4) is 0 Å². The fourth-order valence-corrected chi connectivity index (χ4v) is 3.60. The molecule has 0 atom stereocenters. The number of hydrogen-bond donors (Lipinski definition) is 0. The van der Waals surface area contributed by atoms with Gasteiger partial charge in [0.05, 0.1) is 0 Å². The molecule has 4 rings (SSSR count). The van der Waals surface area contributed by atoms with Crippen molar-refractivity contribution in [2.45, 2.75) is 0 Å². The number of rotatable bonds is 3. The summed E-state index contributed by atoms with van der Waals surface area (Å²) < 4.78 is 0. The molecule has 32 heavy (non-hydrogen) atoms. The third kappa shape index (κ3) is 5.89. The van der Waals surface area contributed by atoms with Crippen molar-refractivity contribution in [2.75, 3.05) is 5.33 Å². The lowest BCUT2D eigenvalue weighted by molar-refractivity contribution is 1.51. The molecule has 0 N–H and O–H groups in total. The summed E-state index contributed by atoms with van der Waals surface area (Å²) in [7, 11) is 0. The van der Waals surface area contributed by atoms with Gasteiger partial charge in [0.25, 0.3) is 0 Å². The summed E-state index contributed by atoms with van der Waals surface area (Å²) in [6.45, 7) is 0. The highest BCUT2D eigenvalue weighted by Crippen LogP contribution is 2.24. The zero-order valence-corrected chi connectivity index (χ0v) is 19.1. The molecule has 4 aromatic carbocycles. The Bertz CT molecular complexity index is 1200. The Morgan fingerprint density at radius 3 is 1.19 bits per heavy atom. The van der Waals surface area contributed by atoms with Crippen LogP contribution in [-0.4, -0.2) is 5.33 Å². The average molecular weight is 473 g/mol. The van der Waals surface area contributed by atoms with Crippen molar-refractivity contribution in [3.05, 3.63) is 149 Å². The lowest BCUT2D eigenvalue weighted by Crippen LogP contribution is -1.90. The zero-order valence-electron chi connectivity index (χ0n) is 17.6. The molecular weight excluding hydrogens is 452 g/mol. The molecule has 0 fully saturated rings. The second kappa shape index (κ2) is 11.0. The first-order valence-electron chi connectivity index (χ1n) is 10.4. The Morgan fingerprint density at radius 1 is 0.500 bits per heavy atom. The highest BCUT2D eigenvalue weighted by molar-refractivity contribution is 9.09. The topological polar surface area (TPSA) is 0 Å². The molecule has 0 bridgehead atoms. The lowest BCUT2D eigenvalue weighted by Gasteiger charge is -2.09. The van der Waals surface area contributed by atoms with E-state index in [4.69, 9.17) is 0 Å². The minimum Gasteiger partial charge on any atom is -0.0883 e. The van der Waals surface area contributed by atoms with Crippen molar-refractivity contribution in [3.8, 4) is 23.7 Å². The van der Waals surface area contributed by atoms with E-state index in [0.717, 1.165) is 38.7 Å². The van der Waals surface area contributed by atoms with E-state index in [-0.39, 0.29) is 0 Å². The van der Waals surface area contributed by atoms with Crippen LogP contribution in [0.25, 0.3) is 5.57 Å². The van der Waals surface area contributed by atoms with Crippen LogP contribution in [0.2, 0.25) is 0 Å². The third-order valence-corrected chi connectivity index (χ3v) is 5.25. The molecule has 0 spiro atoms. The van der Waals surface area contributed by atoms with Crippen LogP contribution in [0, 0.1) is 23.7 Å². The van der Waals surface area contributed by atoms with E-state index in [1.165, 1.54) is 5.57 Å². The maximum Gasteiger partial charge on any atom is 0.0249 e. The fourth-order valence-electron chi connectivity index (χ4n) is 3.28. The largest absolute Gasteiger partial charge is 0.0883 e. The van der Waals surface area contributed by atoms with E-state index in [9.17, 15) is 0 Å². The van der Waals surface area contributed by atoms with Gasteiger partial charge in [-0.1, -0.05) is 106 Å². The van der Waals surface area contributed by atoms with Gasteiger partial charge in [-0.25, -0.2) is 0 Å². The monoisotopic (exact) mass is 472 g/mol. The lowest BCUT2D eigenvalue weighted by atomic mass is 9.96. The number of allylic oxidation sites excluding steroid dienone is 1. The zero-order chi connectivity index (χ0) is 22.0. The predicted octanol–water partition coefficient (Wildman–Crippen LogP) is 7.31. The Balaban J connectivity index is 1.53. The number of benzene rings is 4. The number of halogens is 1. The molecule has 0 amide bonds. The van der Waals surface area contributed by atoms with Crippen LogP contribution in [0.1, 0.15) is 33.4 Å². The first kappa shape index (κ1) is 21.5. The molecule has 4 aromatic rings. The molecule has 0 unspecified atom stereocenters. The molecule has 0 nitrogen and oxygen atoms in total. The summed E-state index contributed by atoms with van der Waals surface area (Å²) in [4.78, 5) is 0. The molecule has 0 aliphatic carbocycles. The van der Waals surface area contributed by atoms with Crippen molar-refractivity contribution in [3.63, 3.8) is 0 Å². The van der Waals surface area contributed by atoms with Crippen LogP contribution in [0.4, 0.5) is 0 Å². The summed E-state index contributed by atoms with van der Waals surface area (Å²) in [6, 6.07) is 36.9. The van der Waals surface area contributed by atoms with E-state index in [1.807, 2.05) is 60.7 Å². The molecule has 0 heterocycles. The van der Waals surface area contributed by atoms with Gasteiger partial charge in [-0.05, 0) is 65.2 Å². The van der Waals surface area contributed by atoms with Crippen LogP contribution < -0.4 is 0 Å². The molecule has 0 saturated carbocycles. The molecule has 0 aromatic heterocycles. The van der Waals surface area contributed by atoms with Gasteiger partial charge in [0, 0.05) is 27.6 Å². The van der Waals surface area contributed by atoms with Gasteiger partial charge >= 0.3 is 0 Å². The van der Waals surface area contributed by atoms with Crippen molar-refractivity contribution >= 4 is 21.5 Å². The van der Waals surface area contributed by atoms with E-state index in [0.29, 0.717) is 0 Å². The minimum atomic E-state index is 0.785. The van der Waals surface area contributed by atoms with Crippen molar-refractivity contribution < 1.29 is 0 Å². The van der Waals surface area contributed by atoms with Gasteiger partial charge in [-0.15, -0.1) is 0 Å². The number of alkyl halides is 1. The summed E-state index contributed by atoms with van der Waals surface area (Å²) in [5, 5.41) is 0.785. The molecular formula is C31H21Br. The van der Waals surface area contributed by atoms with E-state index in [1.54, 1.807) is 0 Å². The first-order valence-corrected chi connectivity index (χ1v) is 11.5. The maximum atomic E-state index is 3.55. The third-order valence-electron chi connectivity index (χ3n) is 4.92. The van der Waals surface area contributed by atoms with Gasteiger partial charge in [0.1, 0.15) is 0 Å². The molecule has 0 radical (unpaired) electrons. The van der Waals surface area contributed by atoms with E-state index < -0.39 is 0 Å². The molecule has 0 saturated heterocycles. The quantitative estimate of drug-likeness (QED) is 0.216. The minimum absolute atomic E-state index is 0.785. The second-order valence-corrected chi connectivity index (χ2v) is 7.81.